The molecule has 5 nitrogen and oxygen atoms in total. The van der Waals surface area contributed by atoms with E-state index in [9.17, 15) is 9.59 Å². The van der Waals surface area contributed by atoms with Crippen molar-refractivity contribution < 1.29 is 9.59 Å². The van der Waals surface area contributed by atoms with Crippen molar-refractivity contribution in [3.8, 4) is 5.69 Å². The molecular formula is C20H25N3O2. The minimum absolute atomic E-state index is 0.102. The lowest BCUT2D eigenvalue weighted by Crippen LogP contribution is -2.41. The number of nitrogens with zero attached hydrogens (tertiary/aromatic N) is 2. The molecule has 5 heteroatoms. The van der Waals surface area contributed by atoms with Crippen LogP contribution in [0, 0.1) is 19.8 Å². The molecule has 2 aromatic rings. The summed E-state index contributed by atoms with van der Waals surface area (Å²) in [6, 6.07) is 9.73. The molecule has 0 bridgehead atoms. The number of rotatable bonds is 4. The second-order valence-corrected chi connectivity index (χ2v) is 7.06. The van der Waals surface area contributed by atoms with Crippen LogP contribution in [0.2, 0.25) is 0 Å². The van der Waals surface area contributed by atoms with E-state index in [-0.39, 0.29) is 6.04 Å². The van der Waals surface area contributed by atoms with Crippen LogP contribution in [-0.2, 0) is 4.79 Å². The molecule has 2 atom stereocenters. The molecule has 0 radical (unpaired) electrons. The summed E-state index contributed by atoms with van der Waals surface area (Å²) in [7, 11) is 0. The van der Waals surface area contributed by atoms with Gasteiger partial charge in [0, 0.05) is 6.04 Å². The number of hydrogen-bond donors (Lipinski definition) is 1. The third-order valence-electron chi connectivity index (χ3n) is 5.00. The lowest BCUT2D eigenvalue weighted by molar-refractivity contribution is -0.117. The number of nitrogens with one attached hydrogen (secondary N) is 1. The number of benzene rings is 1. The molecule has 132 valence electrons. The van der Waals surface area contributed by atoms with Gasteiger partial charge in [-0.2, -0.15) is 5.10 Å². The van der Waals surface area contributed by atoms with Crippen LogP contribution in [0.1, 0.15) is 54.4 Å². The van der Waals surface area contributed by atoms with E-state index in [0.29, 0.717) is 22.9 Å². The molecule has 1 fully saturated rings. The van der Waals surface area contributed by atoms with Crippen molar-refractivity contribution in [3.63, 3.8) is 0 Å². The van der Waals surface area contributed by atoms with Gasteiger partial charge in [-0.25, -0.2) is 4.68 Å². The zero-order valence-corrected chi connectivity index (χ0v) is 15.1. The van der Waals surface area contributed by atoms with E-state index < -0.39 is 11.7 Å². The van der Waals surface area contributed by atoms with E-state index >= 15 is 0 Å². The fourth-order valence-corrected chi connectivity index (χ4v) is 3.72. The van der Waals surface area contributed by atoms with Crippen LogP contribution >= 0.6 is 0 Å². The minimum atomic E-state index is -0.516. The molecule has 1 aromatic carbocycles. The van der Waals surface area contributed by atoms with Gasteiger partial charge in [0.15, 0.2) is 0 Å². The smallest absolute Gasteiger partial charge is 0.292 e. The maximum Gasteiger partial charge on any atom is 0.292 e. The van der Waals surface area contributed by atoms with E-state index in [4.69, 9.17) is 0 Å². The van der Waals surface area contributed by atoms with Crippen molar-refractivity contribution in [1.29, 1.82) is 0 Å². The fourth-order valence-electron chi connectivity index (χ4n) is 3.72. The van der Waals surface area contributed by atoms with Crippen LogP contribution in [0.25, 0.3) is 5.69 Å². The van der Waals surface area contributed by atoms with Gasteiger partial charge in [0.1, 0.15) is 0 Å². The normalized spacial score (nSPS) is 20.3. The van der Waals surface area contributed by atoms with Crippen molar-refractivity contribution in [1.82, 2.24) is 15.1 Å². The van der Waals surface area contributed by atoms with Crippen LogP contribution in [0.15, 0.2) is 30.3 Å². The number of aromatic nitrogens is 2. The van der Waals surface area contributed by atoms with Crippen molar-refractivity contribution in [2.24, 2.45) is 5.92 Å². The van der Waals surface area contributed by atoms with Crippen molar-refractivity contribution in [2.45, 2.75) is 52.5 Å². The van der Waals surface area contributed by atoms with E-state index in [1.807, 2.05) is 37.3 Å². The van der Waals surface area contributed by atoms with Crippen LogP contribution in [-0.4, -0.2) is 27.5 Å². The maximum absolute atomic E-state index is 12.7. The molecule has 0 spiro atoms. The summed E-state index contributed by atoms with van der Waals surface area (Å²) in [6.07, 6.45) is 4.19. The molecule has 3 rings (SSSR count). The average Bonchev–Trinajstić information content (AvgIpc) is 2.89. The Kier molecular flexibility index (Phi) is 5.02. The molecule has 1 aromatic heterocycles. The number of Topliss-reactive ketones (excluding diaryl/α,β-unsaturated/α-hetero) is 1. The van der Waals surface area contributed by atoms with Crippen molar-refractivity contribution in [2.75, 3.05) is 0 Å². The summed E-state index contributed by atoms with van der Waals surface area (Å²) in [5.74, 6) is -0.410. The minimum Gasteiger partial charge on any atom is -0.346 e. The van der Waals surface area contributed by atoms with Gasteiger partial charge in [-0.05, 0) is 44.7 Å². The zero-order valence-electron chi connectivity index (χ0n) is 15.1. The maximum atomic E-state index is 12.7. The molecule has 0 saturated heterocycles. The van der Waals surface area contributed by atoms with E-state index in [2.05, 4.69) is 17.3 Å². The van der Waals surface area contributed by atoms with Crippen LogP contribution in [0.5, 0.6) is 0 Å². The van der Waals surface area contributed by atoms with Gasteiger partial charge in [-0.1, -0.05) is 38.0 Å². The second kappa shape index (κ2) is 7.21. The molecule has 25 heavy (non-hydrogen) atoms. The van der Waals surface area contributed by atoms with Gasteiger partial charge >= 0.3 is 0 Å². The van der Waals surface area contributed by atoms with Gasteiger partial charge in [-0.15, -0.1) is 0 Å². The number of carbonyl (C=O) groups is 2. The molecule has 0 aliphatic heterocycles. The fraction of sp³-hybridized carbons (Fsp3) is 0.450. The highest BCUT2D eigenvalue weighted by Crippen LogP contribution is 2.24. The summed E-state index contributed by atoms with van der Waals surface area (Å²) in [4.78, 5) is 25.2. The molecule has 1 aliphatic carbocycles. The highest BCUT2D eigenvalue weighted by Gasteiger charge is 2.28. The third kappa shape index (κ3) is 3.65. The highest BCUT2D eigenvalue weighted by molar-refractivity contribution is 6.43. The first-order valence-electron chi connectivity index (χ1n) is 8.94. The number of amides is 1. The summed E-state index contributed by atoms with van der Waals surface area (Å²) < 4.78 is 1.72. The van der Waals surface area contributed by atoms with Gasteiger partial charge < -0.3 is 5.32 Å². The Bertz CT molecular complexity index is 780. The van der Waals surface area contributed by atoms with Gasteiger partial charge in [0.2, 0.25) is 0 Å². The number of aryl methyl sites for hydroxylation is 1. The SMILES string of the molecule is Cc1nn(-c2ccccc2)c(C)c1C(=O)C(=O)N[C@@H]1CCC[C@H](C)C1. The predicted molar refractivity (Wildman–Crippen MR) is 96.9 cm³/mol. The Morgan fingerprint density at radius 1 is 1.16 bits per heavy atom. The Labute approximate surface area is 148 Å². The predicted octanol–water partition coefficient (Wildman–Crippen LogP) is 3.37. The monoisotopic (exact) mass is 339 g/mol. The van der Waals surface area contributed by atoms with Crippen molar-refractivity contribution in [3.05, 3.63) is 47.3 Å². The van der Waals surface area contributed by atoms with Crippen LogP contribution < -0.4 is 5.32 Å². The summed E-state index contributed by atoms with van der Waals surface area (Å²) in [6.45, 7) is 5.80. The Morgan fingerprint density at radius 2 is 1.88 bits per heavy atom. The number of hydrogen-bond acceptors (Lipinski definition) is 3. The standard InChI is InChI=1S/C20H25N3O2/c1-13-8-7-9-16(12-13)21-20(25)19(24)18-14(2)22-23(15(18)3)17-10-5-4-6-11-17/h4-6,10-11,13,16H,7-9,12H2,1-3H3,(H,21,25)/t13-,16+/m0/s1. The average molecular weight is 339 g/mol. The van der Waals surface area contributed by atoms with Crippen molar-refractivity contribution >= 4 is 11.7 Å². The van der Waals surface area contributed by atoms with E-state index in [0.717, 1.165) is 24.9 Å². The summed E-state index contributed by atoms with van der Waals surface area (Å²) in [5, 5.41) is 7.38. The second-order valence-electron chi connectivity index (χ2n) is 7.06. The summed E-state index contributed by atoms with van der Waals surface area (Å²) >= 11 is 0. The van der Waals surface area contributed by atoms with Gasteiger partial charge in [0.05, 0.1) is 22.6 Å². The quantitative estimate of drug-likeness (QED) is 0.686. The van der Waals surface area contributed by atoms with Gasteiger partial charge in [-0.3, -0.25) is 9.59 Å². The zero-order chi connectivity index (χ0) is 18.0. The van der Waals surface area contributed by atoms with Crippen LogP contribution in [0.4, 0.5) is 0 Å². The largest absolute Gasteiger partial charge is 0.346 e. The van der Waals surface area contributed by atoms with Gasteiger partial charge in [0.25, 0.3) is 11.7 Å². The molecule has 1 saturated carbocycles. The third-order valence-corrected chi connectivity index (χ3v) is 5.00. The first kappa shape index (κ1) is 17.4. The molecular weight excluding hydrogens is 314 g/mol. The number of ketones is 1. The van der Waals surface area contributed by atoms with Crippen LogP contribution in [0.3, 0.4) is 0 Å². The lowest BCUT2D eigenvalue weighted by atomic mass is 9.87. The molecule has 1 aliphatic rings. The number of carbonyl (C=O) groups excluding carboxylic acids is 2. The first-order chi connectivity index (χ1) is 12.0. The van der Waals surface area contributed by atoms with E-state index in [1.54, 1.807) is 11.6 Å². The topological polar surface area (TPSA) is 64.0 Å². The molecule has 1 heterocycles. The summed E-state index contributed by atoms with van der Waals surface area (Å²) in [5.41, 5.74) is 2.56. The molecule has 1 amide bonds. The van der Waals surface area contributed by atoms with E-state index in [1.165, 1.54) is 6.42 Å². The highest BCUT2D eigenvalue weighted by atomic mass is 16.2. The Hall–Kier alpha value is -2.43. The molecule has 0 unspecified atom stereocenters. The number of para-hydroxylation sites is 1. The first-order valence-corrected chi connectivity index (χ1v) is 8.94. The lowest BCUT2D eigenvalue weighted by Gasteiger charge is -2.27. The Morgan fingerprint density at radius 3 is 2.56 bits per heavy atom. The molecule has 1 N–H and O–H groups in total. The Balaban J connectivity index is 1.80.